The first-order valence-electron chi connectivity index (χ1n) is 8.96. The minimum absolute atomic E-state index is 0.0386. The molecule has 3 aromatic rings. The summed E-state index contributed by atoms with van der Waals surface area (Å²) in [6, 6.07) is 7.42. The van der Waals surface area contributed by atoms with Crippen molar-refractivity contribution in [2.45, 2.75) is 0 Å². The Morgan fingerprint density at radius 3 is 2.45 bits per heavy atom. The van der Waals surface area contributed by atoms with E-state index in [1.165, 1.54) is 24.9 Å². The van der Waals surface area contributed by atoms with Crippen molar-refractivity contribution in [3.05, 3.63) is 60.5 Å². The van der Waals surface area contributed by atoms with E-state index in [-0.39, 0.29) is 17.4 Å². The zero-order valence-electron chi connectivity index (χ0n) is 15.4. The fraction of sp³-hybridized carbons (Fsp3) is 0.211. The van der Waals surface area contributed by atoms with Crippen LogP contribution in [0.2, 0.25) is 0 Å². The van der Waals surface area contributed by atoms with Crippen LogP contribution in [0.1, 0.15) is 21.0 Å². The molecule has 0 spiro atoms. The number of anilines is 3. The number of ether oxygens (including phenoxy) is 1. The quantitative estimate of drug-likeness (QED) is 0.672. The second-order valence-corrected chi connectivity index (χ2v) is 6.18. The summed E-state index contributed by atoms with van der Waals surface area (Å²) in [4.78, 5) is 38.3. The molecule has 1 fully saturated rings. The van der Waals surface area contributed by atoms with Crippen molar-refractivity contribution in [1.29, 1.82) is 0 Å². The highest BCUT2D eigenvalue weighted by molar-refractivity contribution is 6.04. The van der Waals surface area contributed by atoms with Gasteiger partial charge in [0.25, 0.3) is 11.8 Å². The van der Waals surface area contributed by atoms with Gasteiger partial charge < -0.3 is 19.4 Å². The molecule has 10 nitrogen and oxygen atoms in total. The van der Waals surface area contributed by atoms with Crippen LogP contribution in [-0.2, 0) is 4.74 Å². The molecule has 2 amide bonds. The molecule has 10 heteroatoms. The zero-order valence-corrected chi connectivity index (χ0v) is 15.4. The lowest BCUT2D eigenvalue weighted by atomic mass is 10.2. The number of hydrogen-bond donors (Lipinski definition) is 2. The predicted octanol–water partition coefficient (Wildman–Crippen LogP) is 1.81. The fourth-order valence-electron chi connectivity index (χ4n) is 2.79. The summed E-state index contributed by atoms with van der Waals surface area (Å²) in [5.74, 6) is -0.988. The maximum absolute atomic E-state index is 12.4. The molecule has 0 atom stereocenters. The third kappa shape index (κ3) is 4.55. The van der Waals surface area contributed by atoms with E-state index in [9.17, 15) is 9.59 Å². The summed E-state index contributed by atoms with van der Waals surface area (Å²) < 4.78 is 10.5. The summed E-state index contributed by atoms with van der Waals surface area (Å²) in [5.41, 5.74) is 1.84. The lowest BCUT2D eigenvalue weighted by molar-refractivity contribution is 0.101. The minimum atomic E-state index is -0.536. The van der Waals surface area contributed by atoms with Crippen LogP contribution in [0.5, 0.6) is 0 Å². The van der Waals surface area contributed by atoms with Gasteiger partial charge >= 0.3 is 6.01 Å². The molecule has 1 aliphatic heterocycles. The molecule has 1 aromatic carbocycles. The van der Waals surface area contributed by atoms with Crippen LogP contribution in [0.3, 0.4) is 0 Å². The van der Waals surface area contributed by atoms with Gasteiger partial charge in [-0.2, -0.15) is 4.98 Å². The van der Waals surface area contributed by atoms with E-state index in [1.54, 1.807) is 0 Å². The normalized spacial score (nSPS) is 13.7. The second-order valence-electron chi connectivity index (χ2n) is 6.18. The van der Waals surface area contributed by atoms with Gasteiger partial charge in [-0.05, 0) is 24.3 Å². The molecule has 29 heavy (non-hydrogen) atoms. The third-order valence-electron chi connectivity index (χ3n) is 4.25. The van der Waals surface area contributed by atoms with Gasteiger partial charge in [0.1, 0.15) is 12.0 Å². The van der Waals surface area contributed by atoms with Gasteiger partial charge in [-0.15, -0.1) is 0 Å². The number of nitrogens with zero attached hydrogens (tertiary/aromatic N) is 4. The highest BCUT2D eigenvalue weighted by atomic mass is 16.5. The van der Waals surface area contributed by atoms with Crippen molar-refractivity contribution in [2.24, 2.45) is 0 Å². The number of benzene rings is 1. The molecule has 4 rings (SSSR count). The standard InChI is InChI=1S/C19H18N6O4/c26-17(15-11-20-5-6-21-15)24-19-23-16(12-29-19)18(27)22-13-1-3-14(4-2-13)25-7-9-28-10-8-25/h1-6,11-12H,7-10H2,(H,22,27)(H,23,24,26). The highest BCUT2D eigenvalue weighted by Crippen LogP contribution is 2.19. The van der Waals surface area contributed by atoms with E-state index in [0.29, 0.717) is 18.9 Å². The average molecular weight is 394 g/mol. The van der Waals surface area contributed by atoms with Crippen LogP contribution >= 0.6 is 0 Å². The molecule has 0 bridgehead atoms. The molecule has 1 saturated heterocycles. The topological polar surface area (TPSA) is 122 Å². The molecule has 0 aliphatic carbocycles. The summed E-state index contributed by atoms with van der Waals surface area (Å²) >= 11 is 0. The molecular weight excluding hydrogens is 376 g/mol. The number of morpholine rings is 1. The van der Waals surface area contributed by atoms with Gasteiger partial charge in [0.2, 0.25) is 0 Å². The van der Waals surface area contributed by atoms with E-state index in [0.717, 1.165) is 18.8 Å². The number of oxazole rings is 1. The van der Waals surface area contributed by atoms with Gasteiger partial charge in [0.05, 0.1) is 19.4 Å². The number of rotatable bonds is 5. The first-order chi connectivity index (χ1) is 14.2. The van der Waals surface area contributed by atoms with Gasteiger partial charge in [-0.3, -0.25) is 19.9 Å². The first-order valence-corrected chi connectivity index (χ1v) is 8.96. The van der Waals surface area contributed by atoms with Crippen LogP contribution in [0, 0.1) is 0 Å². The van der Waals surface area contributed by atoms with E-state index in [2.05, 4.69) is 30.5 Å². The number of nitrogens with one attached hydrogen (secondary N) is 2. The third-order valence-corrected chi connectivity index (χ3v) is 4.25. The highest BCUT2D eigenvalue weighted by Gasteiger charge is 2.16. The minimum Gasteiger partial charge on any atom is -0.431 e. The molecular formula is C19H18N6O4. The van der Waals surface area contributed by atoms with Crippen molar-refractivity contribution in [3.8, 4) is 0 Å². The first kappa shape index (κ1) is 18.6. The Hall–Kier alpha value is -3.79. The van der Waals surface area contributed by atoms with Gasteiger partial charge in [0, 0.05) is 36.9 Å². The maximum Gasteiger partial charge on any atom is 0.302 e. The predicted molar refractivity (Wildman–Crippen MR) is 104 cm³/mol. The lowest BCUT2D eigenvalue weighted by Gasteiger charge is -2.28. The maximum atomic E-state index is 12.4. The van der Waals surface area contributed by atoms with E-state index in [1.807, 2.05) is 24.3 Å². The van der Waals surface area contributed by atoms with Gasteiger partial charge in [0.15, 0.2) is 5.69 Å². The van der Waals surface area contributed by atoms with Gasteiger partial charge in [-0.1, -0.05) is 0 Å². The average Bonchev–Trinajstić information content (AvgIpc) is 3.24. The number of hydrogen-bond acceptors (Lipinski definition) is 8. The number of amides is 2. The van der Waals surface area contributed by atoms with Crippen molar-refractivity contribution in [1.82, 2.24) is 15.0 Å². The molecule has 0 unspecified atom stereocenters. The Bertz CT molecular complexity index is 983. The van der Waals surface area contributed by atoms with Crippen molar-refractivity contribution < 1.29 is 18.7 Å². The van der Waals surface area contributed by atoms with E-state index >= 15 is 0 Å². The molecule has 2 aromatic heterocycles. The van der Waals surface area contributed by atoms with Crippen molar-refractivity contribution in [2.75, 3.05) is 41.8 Å². The van der Waals surface area contributed by atoms with Crippen molar-refractivity contribution >= 4 is 29.2 Å². The monoisotopic (exact) mass is 394 g/mol. The molecule has 3 heterocycles. The SMILES string of the molecule is O=C(Nc1ccc(N2CCOCC2)cc1)c1coc(NC(=O)c2cnccn2)n1. The van der Waals surface area contributed by atoms with Gasteiger partial charge in [-0.25, -0.2) is 4.98 Å². The smallest absolute Gasteiger partial charge is 0.302 e. The lowest BCUT2D eigenvalue weighted by Crippen LogP contribution is -2.36. The second kappa shape index (κ2) is 8.48. The molecule has 1 aliphatic rings. The molecule has 0 saturated carbocycles. The van der Waals surface area contributed by atoms with Crippen LogP contribution in [-0.4, -0.2) is 53.1 Å². The Morgan fingerprint density at radius 2 is 1.72 bits per heavy atom. The summed E-state index contributed by atoms with van der Waals surface area (Å²) in [6.45, 7) is 3.10. The van der Waals surface area contributed by atoms with Crippen molar-refractivity contribution in [3.63, 3.8) is 0 Å². The number of carbonyl (C=O) groups excluding carboxylic acids is 2. The fourth-order valence-corrected chi connectivity index (χ4v) is 2.79. The summed E-state index contributed by atoms with van der Waals surface area (Å²) in [7, 11) is 0. The Balaban J connectivity index is 1.36. The Labute approximate surface area is 165 Å². The van der Waals surface area contributed by atoms with Crippen LogP contribution in [0.4, 0.5) is 17.4 Å². The van der Waals surface area contributed by atoms with E-state index < -0.39 is 11.8 Å². The van der Waals surface area contributed by atoms with Crippen LogP contribution in [0.25, 0.3) is 0 Å². The van der Waals surface area contributed by atoms with Crippen LogP contribution < -0.4 is 15.5 Å². The number of aromatic nitrogens is 3. The molecule has 2 N–H and O–H groups in total. The number of carbonyl (C=O) groups is 2. The summed E-state index contributed by atoms with van der Waals surface area (Å²) in [5, 5.41) is 5.17. The Kier molecular flexibility index (Phi) is 5.43. The zero-order chi connectivity index (χ0) is 20.1. The van der Waals surface area contributed by atoms with Crippen LogP contribution in [0.15, 0.2) is 53.5 Å². The molecule has 0 radical (unpaired) electrons. The largest absolute Gasteiger partial charge is 0.431 e. The van der Waals surface area contributed by atoms with E-state index in [4.69, 9.17) is 9.15 Å². The summed E-state index contributed by atoms with van der Waals surface area (Å²) in [6.07, 6.45) is 5.34. The molecule has 148 valence electrons. The Morgan fingerprint density at radius 1 is 0.966 bits per heavy atom.